The van der Waals surface area contributed by atoms with Gasteiger partial charge in [-0.15, -0.1) is 12.4 Å². The Bertz CT molecular complexity index is 503. The number of ether oxygens (including phenoxy) is 2. The minimum Gasteiger partial charge on any atom is -0.491 e. The van der Waals surface area contributed by atoms with Gasteiger partial charge >= 0.3 is 0 Å². The number of carbonyl (C=O) groups is 1. The maximum atomic E-state index is 12.4. The van der Waals surface area contributed by atoms with Gasteiger partial charge in [-0.1, -0.05) is 0 Å². The van der Waals surface area contributed by atoms with E-state index >= 15 is 0 Å². The quantitative estimate of drug-likeness (QED) is 0.891. The van der Waals surface area contributed by atoms with Gasteiger partial charge in [-0.05, 0) is 56.0 Å². The van der Waals surface area contributed by atoms with Gasteiger partial charge in [0.15, 0.2) is 0 Å². The highest BCUT2D eigenvalue weighted by molar-refractivity contribution is 5.94. The molecule has 2 N–H and O–H groups in total. The van der Waals surface area contributed by atoms with E-state index in [9.17, 15) is 4.79 Å². The molecule has 2 fully saturated rings. The van der Waals surface area contributed by atoms with Gasteiger partial charge in [-0.25, -0.2) is 0 Å². The zero-order valence-corrected chi connectivity index (χ0v) is 14.1. The average Bonchev–Trinajstić information content (AvgIpc) is 3.24. The summed E-state index contributed by atoms with van der Waals surface area (Å²) in [6.45, 7) is 3.64. The van der Waals surface area contributed by atoms with Crippen LogP contribution in [0.25, 0.3) is 0 Å². The van der Waals surface area contributed by atoms with Gasteiger partial charge in [0.2, 0.25) is 0 Å². The van der Waals surface area contributed by atoms with E-state index in [1.54, 1.807) is 0 Å². The molecule has 2 saturated heterocycles. The lowest BCUT2D eigenvalue weighted by Gasteiger charge is -2.17. The summed E-state index contributed by atoms with van der Waals surface area (Å²) in [5.41, 5.74) is 6.39. The molecule has 0 aromatic heterocycles. The zero-order valence-electron chi connectivity index (χ0n) is 13.3. The molecule has 0 bridgehead atoms. The van der Waals surface area contributed by atoms with Gasteiger partial charge in [0.05, 0.1) is 6.10 Å². The molecule has 128 valence electrons. The van der Waals surface area contributed by atoms with E-state index < -0.39 is 0 Å². The number of nitrogens with zero attached hydrogens (tertiary/aromatic N) is 1. The lowest BCUT2D eigenvalue weighted by atomic mass is 10.1. The third-order valence-electron chi connectivity index (χ3n) is 4.47. The fraction of sp³-hybridized carbons (Fsp3) is 0.588. The molecule has 0 spiro atoms. The van der Waals surface area contributed by atoms with Crippen molar-refractivity contribution in [2.45, 2.75) is 25.4 Å². The minimum atomic E-state index is 0. The van der Waals surface area contributed by atoms with Crippen molar-refractivity contribution in [1.29, 1.82) is 0 Å². The van der Waals surface area contributed by atoms with Gasteiger partial charge in [-0.2, -0.15) is 0 Å². The third-order valence-corrected chi connectivity index (χ3v) is 4.47. The van der Waals surface area contributed by atoms with Crippen molar-refractivity contribution in [3.63, 3.8) is 0 Å². The van der Waals surface area contributed by atoms with Crippen molar-refractivity contribution in [3.05, 3.63) is 29.8 Å². The number of hydrogen-bond donors (Lipinski definition) is 1. The van der Waals surface area contributed by atoms with Crippen LogP contribution in [-0.2, 0) is 4.74 Å². The first-order valence-electron chi connectivity index (χ1n) is 8.10. The minimum absolute atomic E-state index is 0. The van der Waals surface area contributed by atoms with Crippen LogP contribution in [0.3, 0.4) is 0 Å². The Balaban J connectivity index is 0.00000192. The van der Waals surface area contributed by atoms with Crippen molar-refractivity contribution in [2.24, 2.45) is 11.7 Å². The molecule has 1 amide bonds. The fourth-order valence-corrected chi connectivity index (χ4v) is 3.05. The van der Waals surface area contributed by atoms with Gasteiger partial charge in [0, 0.05) is 25.3 Å². The Morgan fingerprint density at radius 1 is 1.30 bits per heavy atom. The highest BCUT2D eigenvalue weighted by atomic mass is 35.5. The molecule has 6 heteroatoms. The van der Waals surface area contributed by atoms with Crippen LogP contribution in [0, 0.1) is 5.92 Å². The van der Waals surface area contributed by atoms with E-state index in [1.165, 1.54) is 0 Å². The maximum absolute atomic E-state index is 12.4. The maximum Gasteiger partial charge on any atom is 0.253 e. The van der Waals surface area contributed by atoms with Crippen LogP contribution in [0.5, 0.6) is 5.75 Å². The van der Waals surface area contributed by atoms with Crippen LogP contribution in [0.15, 0.2) is 24.3 Å². The molecular weight excluding hydrogens is 316 g/mol. The van der Waals surface area contributed by atoms with Crippen LogP contribution in [0.4, 0.5) is 0 Å². The van der Waals surface area contributed by atoms with Gasteiger partial charge in [0.25, 0.3) is 5.91 Å². The van der Waals surface area contributed by atoms with Gasteiger partial charge in [-0.3, -0.25) is 4.79 Å². The first-order valence-corrected chi connectivity index (χ1v) is 8.10. The largest absolute Gasteiger partial charge is 0.491 e. The molecule has 1 aromatic rings. The summed E-state index contributed by atoms with van der Waals surface area (Å²) in [7, 11) is 0. The van der Waals surface area contributed by atoms with Crippen LogP contribution < -0.4 is 10.5 Å². The van der Waals surface area contributed by atoms with Crippen molar-refractivity contribution >= 4 is 18.3 Å². The Hall–Kier alpha value is -1.30. The number of nitrogens with two attached hydrogens (primary N) is 1. The van der Waals surface area contributed by atoms with E-state index in [4.69, 9.17) is 15.2 Å². The molecule has 2 atom stereocenters. The van der Waals surface area contributed by atoms with Crippen LogP contribution in [0.1, 0.15) is 29.6 Å². The molecular formula is C17H25ClN2O3. The Morgan fingerprint density at radius 3 is 2.70 bits per heavy atom. The standard InChI is InChI=1S/C17H24N2O3.ClH/c18-10-13-7-8-19(11-13)17(20)14-3-5-15(6-4-14)22-12-16-2-1-9-21-16;/h3-6,13,16H,1-2,7-12,18H2;1H. The Morgan fingerprint density at radius 2 is 2.09 bits per heavy atom. The summed E-state index contributed by atoms with van der Waals surface area (Å²) in [6, 6.07) is 7.39. The fourth-order valence-electron chi connectivity index (χ4n) is 3.05. The number of hydrogen-bond acceptors (Lipinski definition) is 4. The summed E-state index contributed by atoms with van der Waals surface area (Å²) < 4.78 is 11.2. The highest BCUT2D eigenvalue weighted by Crippen LogP contribution is 2.20. The number of carbonyl (C=O) groups excluding carboxylic acids is 1. The molecule has 0 saturated carbocycles. The van der Waals surface area contributed by atoms with Crippen LogP contribution in [-0.4, -0.2) is 49.8 Å². The first-order chi connectivity index (χ1) is 10.8. The van der Waals surface area contributed by atoms with Crippen molar-refractivity contribution in [1.82, 2.24) is 4.90 Å². The molecule has 5 nitrogen and oxygen atoms in total. The summed E-state index contributed by atoms with van der Waals surface area (Å²) in [5.74, 6) is 1.31. The number of likely N-dealkylation sites (tertiary alicyclic amines) is 1. The molecule has 0 radical (unpaired) electrons. The third kappa shape index (κ3) is 4.59. The lowest BCUT2D eigenvalue weighted by molar-refractivity contribution is 0.0679. The first kappa shape index (κ1) is 18.0. The molecule has 2 aliphatic heterocycles. The van der Waals surface area contributed by atoms with E-state index in [2.05, 4.69) is 0 Å². The van der Waals surface area contributed by atoms with Gasteiger partial charge in [0.1, 0.15) is 12.4 Å². The van der Waals surface area contributed by atoms with E-state index in [0.29, 0.717) is 24.6 Å². The molecule has 2 unspecified atom stereocenters. The van der Waals surface area contributed by atoms with E-state index in [1.807, 2.05) is 29.2 Å². The molecule has 2 heterocycles. The van der Waals surface area contributed by atoms with Crippen LogP contribution in [0.2, 0.25) is 0 Å². The second-order valence-corrected chi connectivity index (χ2v) is 6.11. The molecule has 2 aliphatic rings. The second kappa shape index (κ2) is 8.52. The average molecular weight is 341 g/mol. The summed E-state index contributed by atoms with van der Waals surface area (Å²) in [4.78, 5) is 14.3. The normalized spacial score (nSPS) is 23.6. The number of benzene rings is 1. The Kier molecular flexibility index (Phi) is 6.69. The predicted octanol–water partition coefficient (Wildman–Crippen LogP) is 2.09. The number of halogens is 1. The number of amides is 1. The monoisotopic (exact) mass is 340 g/mol. The number of rotatable bonds is 5. The summed E-state index contributed by atoms with van der Waals surface area (Å²) in [6.07, 6.45) is 3.39. The van der Waals surface area contributed by atoms with Gasteiger partial charge < -0.3 is 20.1 Å². The molecule has 3 rings (SSSR count). The van der Waals surface area contributed by atoms with E-state index in [0.717, 1.165) is 44.7 Å². The van der Waals surface area contributed by atoms with Crippen LogP contribution >= 0.6 is 12.4 Å². The topological polar surface area (TPSA) is 64.8 Å². The predicted molar refractivity (Wildman–Crippen MR) is 91.2 cm³/mol. The molecule has 1 aromatic carbocycles. The van der Waals surface area contributed by atoms with E-state index in [-0.39, 0.29) is 24.4 Å². The summed E-state index contributed by atoms with van der Waals surface area (Å²) in [5, 5.41) is 0. The Labute approximate surface area is 143 Å². The van der Waals surface area contributed by atoms with Crippen molar-refractivity contribution in [2.75, 3.05) is 32.8 Å². The highest BCUT2D eigenvalue weighted by Gasteiger charge is 2.26. The van der Waals surface area contributed by atoms with Crippen molar-refractivity contribution in [3.8, 4) is 5.75 Å². The molecule has 23 heavy (non-hydrogen) atoms. The van der Waals surface area contributed by atoms with Crippen molar-refractivity contribution < 1.29 is 14.3 Å². The smallest absolute Gasteiger partial charge is 0.253 e. The SMILES string of the molecule is Cl.NCC1CCN(C(=O)c2ccc(OCC3CCCO3)cc2)C1. The molecule has 0 aliphatic carbocycles. The zero-order chi connectivity index (χ0) is 15.4. The summed E-state index contributed by atoms with van der Waals surface area (Å²) >= 11 is 0. The second-order valence-electron chi connectivity index (χ2n) is 6.11. The lowest BCUT2D eigenvalue weighted by Crippen LogP contribution is -2.29.